The number of nitrogens with one attached hydrogen (secondary N) is 2. The minimum Gasteiger partial charge on any atom is -0.441 e. The Labute approximate surface area is 148 Å². The van der Waals surface area contributed by atoms with E-state index in [0.29, 0.717) is 37.6 Å². The lowest BCUT2D eigenvalue weighted by Gasteiger charge is -2.08. The highest BCUT2D eigenvalue weighted by molar-refractivity contribution is 5.78. The first-order valence-corrected chi connectivity index (χ1v) is 8.52. The van der Waals surface area contributed by atoms with Crippen molar-refractivity contribution in [3.63, 3.8) is 0 Å². The number of oxazole rings is 1. The van der Waals surface area contributed by atoms with Gasteiger partial charge in [-0.25, -0.2) is 4.98 Å². The highest BCUT2D eigenvalue weighted by atomic mass is 16.4. The predicted octanol–water partition coefficient (Wildman–Crippen LogP) is 2.47. The fraction of sp³-hybridized carbons (Fsp3) is 0.421. The molecule has 0 spiro atoms. The monoisotopic (exact) mass is 343 g/mol. The SMILES string of the molecule is Cc1ccc(-c2cnc(CCC(=O)NCCNC(=O)C(C)C)o2)cc1. The van der Waals surface area contributed by atoms with Gasteiger partial charge in [0.05, 0.1) is 6.20 Å². The molecule has 1 heterocycles. The molecule has 0 bridgehead atoms. The van der Waals surface area contributed by atoms with E-state index in [1.165, 1.54) is 5.56 Å². The van der Waals surface area contributed by atoms with Crippen molar-refractivity contribution in [3.8, 4) is 11.3 Å². The van der Waals surface area contributed by atoms with Gasteiger partial charge in [0, 0.05) is 37.4 Å². The number of carbonyl (C=O) groups excluding carboxylic acids is 2. The summed E-state index contributed by atoms with van der Waals surface area (Å²) in [7, 11) is 0. The molecule has 25 heavy (non-hydrogen) atoms. The van der Waals surface area contributed by atoms with Gasteiger partial charge in [0.15, 0.2) is 11.7 Å². The lowest BCUT2D eigenvalue weighted by molar-refractivity contribution is -0.124. The number of benzene rings is 1. The zero-order valence-corrected chi connectivity index (χ0v) is 15.0. The van der Waals surface area contributed by atoms with Gasteiger partial charge in [0.2, 0.25) is 11.8 Å². The Kier molecular flexibility index (Phi) is 6.74. The Bertz CT molecular complexity index is 705. The Morgan fingerprint density at radius 2 is 1.80 bits per heavy atom. The highest BCUT2D eigenvalue weighted by Gasteiger charge is 2.09. The molecule has 1 aromatic heterocycles. The predicted molar refractivity (Wildman–Crippen MR) is 95.9 cm³/mol. The van der Waals surface area contributed by atoms with E-state index in [0.717, 1.165) is 5.56 Å². The van der Waals surface area contributed by atoms with Crippen molar-refractivity contribution in [2.24, 2.45) is 5.92 Å². The standard InChI is InChI=1S/C19H25N3O3/c1-13(2)19(24)21-11-10-20-17(23)8-9-18-22-12-16(25-18)15-6-4-14(3)5-7-15/h4-7,12-13H,8-11H2,1-3H3,(H,20,23)(H,21,24). The maximum atomic E-state index is 11.8. The molecule has 2 amide bonds. The van der Waals surface area contributed by atoms with Gasteiger partial charge in [0.1, 0.15) is 0 Å². The topological polar surface area (TPSA) is 84.2 Å². The molecule has 2 N–H and O–H groups in total. The molecule has 0 unspecified atom stereocenters. The third-order valence-electron chi connectivity index (χ3n) is 3.73. The minimum atomic E-state index is -0.0890. The van der Waals surface area contributed by atoms with Crippen molar-refractivity contribution in [1.82, 2.24) is 15.6 Å². The van der Waals surface area contributed by atoms with Crippen molar-refractivity contribution < 1.29 is 14.0 Å². The maximum absolute atomic E-state index is 11.8. The molecule has 0 fully saturated rings. The number of amides is 2. The number of hydrogen-bond acceptors (Lipinski definition) is 4. The molecule has 2 rings (SSSR count). The lowest BCUT2D eigenvalue weighted by Crippen LogP contribution is -2.36. The van der Waals surface area contributed by atoms with Gasteiger partial charge in [-0.05, 0) is 6.92 Å². The zero-order valence-electron chi connectivity index (χ0n) is 15.0. The summed E-state index contributed by atoms with van der Waals surface area (Å²) >= 11 is 0. The third kappa shape index (κ3) is 6.06. The number of aromatic nitrogens is 1. The number of nitrogens with zero attached hydrogens (tertiary/aromatic N) is 1. The fourth-order valence-electron chi connectivity index (χ4n) is 2.18. The quantitative estimate of drug-likeness (QED) is 0.721. The van der Waals surface area contributed by atoms with E-state index < -0.39 is 0 Å². The van der Waals surface area contributed by atoms with Crippen LogP contribution in [-0.2, 0) is 16.0 Å². The van der Waals surface area contributed by atoms with Gasteiger partial charge in [-0.1, -0.05) is 43.7 Å². The minimum absolute atomic E-state index is 0.0160. The molecule has 0 saturated heterocycles. The van der Waals surface area contributed by atoms with Crippen LogP contribution in [0.5, 0.6) is 0 Å². The summed E-state index contributed by atoms with van der Waals surface area (Å²) in [6.07, 6.45) is 2.42. The highest BCUT2D eigenvalue weighted by Crippen LogP contribution is 2.21. The summed E-state index contributed by atoms with van der Waals surface area (Å²) < 4.78 is 5.70. The van der Waals surface area contributed by atoms with E-state index in [-0.39, 0.29) is 17.7 Å². The van der Waals surface area contributed by atoms with E-state index in [4.69, 9.17) is 4.42 Å². The van der Waals surface area contributed by atoms with Crippen LogP contribution >= 0.6 is 0 Å². The molecule has 0 aliphatic heterocycles. The molecule has 134 valence electrons. The van der Waals surface area contributed by atoms with E-state index in [1.807, 2.05) is 45.0 Å². The van der Waals surface area contributed by atoms with Gasteiger partial charge in [-0.15, -0.1) is 0 Å². The van der Waals surface area contributed by atoms with Crippen molar-refractivity contribution in [3.05, 3.63) is 41.9 Å². The van der Waals surface area contributed by atoms with Crippen LogP contribution in [-0.4, -0.2) is 29.9 Å². The van der Waals surface area contributed by atoms with E-state index in [1.54, 1.807) is 6.20 Å². The molecule has 0 aliphatic rings. The summed E-state index contributed by atoms with van der Waals surface area (Å²) in [5.41, 5.74) is 2.15. The molecule has 0 radical (unpaired) electrons. The van der Waals surface area contributed by atoms with Crippen LogP contribution < -0.4 is 10.6 Å². The number of aryl methyl sites for hydroxylation is 2. The van der Waals surface area contributed by atoms with E-state index in [2.05, 4.69) is 15.6 Å². The van der Waals surface area contributed by atoms with Crippen LogP contribution in [0.1, 0.15) is 31.7 Å². The third-order valence-corrected chi connectivity index (χ3v) is 3.73. The molecule has 2 aromatic rings. The maximum Gasteiger partial charge on any atom is 0.222 e. The lowest BCUT2D eigenvalue weighted by atomic mass is 10.1. The van der Waals surface area contributed by atoms with E-state index >= 15 is 0 Å². The van der Waals surface area contributed by atoms with Crippen LogP contribution in [0.25, 0.3) is 11.3 Å². The van der Waals surface area contributed by atoms with Crippen molar-refractivity contribution in [1.29, 1.82) is 0 Å². The Hall–Kier alpha value is -2.63. The van der Waals surface area contributed by atoms with Crippen LogP contribution in [0.3, 0.4) is 0 Å². The van der Waals surface area contributed by atoms with Crippen LogP contribution in [0.4, 0.5) is 0 Å². The summed E-state index contributed by atoms with van der Waals surface area (Å²) in [5, 5.41) is 5.52. The zero-order chi connectivity index (χ0) is 18.2. The van der Waals surface area contributed by atoms with Gasteiger partial charge >= 0.3 is 0 Å². The molecule has 6 heteroatoms. The Morgan fingerprint density at radius 3 is 2.48 bits per heavy atom. The van der Waals surface area contributed by atoms with Crippen molar-refractivity contribution in [2.45, 2.75) is 33.6 Å². The average Bonchev–Trinajstić information content (AvgIpc) is 3.06. The molecule has 0 atom stereocenters. The smallest absolute Gasteiger partial charge is 0.222 e. The van der Waals surface area contributed by atoms with Gasteiger partial charge in [-0.3, -0.25) is 9.59 Å². The van der Waals surface area contributed by atoms with Crippen LogP contribution in [0.2, 0.25) is 0 Å². The number of rotatable bonds is 8. The molecule has 6 nitrogen and oxygen atoms in total. The first kappa shape index (κ1) is 18.7. The van der Waals surface area contributed by atoms with Crippen LogP contribution in [0.15, 0.2) is 34.9 Å². The Balaban J connectivity index is 1.71. The van der Waals surface area contributed by atoms with Crippen molar-refractivity contribution in [2.75, 3.05) is 13.1 Å². The second kappa shape index (κ2) is 9.01. The van der Waals surface area contributed by atoms with Crippen LogP contribution in [0, 0.1) is 12.8 Å². The molecular weight excluding hydrogens is 318 g/mol. The first-order valence-electron chi connectivity index (χ1n) is 8.52. The molecule has 0 saturated carbocycles. The van der Waals surface area contributed by atoms with Gasteiger partial charge in [-0.2, -0.15) is 0 Å². The summed E-state index contributed by atoms with van der Waals surface area (Å²) in [4.78, 5) is 27.4. The number of carbonyl (C=O) groups is 2. The normalized spacial score (nSPS) is 10.7. The fourth-order valence-corrected chi connectivity index (χ4v) is 2.18. The van der Waals surface area contributed by atoms with E-state index in [9.17, 15) is 9.59 Å². The largest absolute Gasteiger partial charge is 0.441 e. The van der Waals surface area contributed by atoms with Gasteiger partial charge < -0.3 is 15.1 Å². The number of hydrogen-bond donors (Lipinski definition) is 2. The average molecular weight is 343 g/mol. The Morgan fingerprint density at radius 1 is 1.12 bits per heavy atom. The second-order valence-corrected chi connectivity index (χ2v) is 6.28. The van der Waals surface area contributed by atoms with Gasteiger partial charge in [0.25, 0.3) is 0 Å². The van der Waals surface area contributed by atoms with Crippen molar-refractivity contribution >= 4 is 11.8 Å². The second-order valence-electron chi connectivity index (χ2n) is 6.28. The first-order chi connectivity index (χ1) is 12.0. The summed E-state index contributed by atoms with van der Waals surface area (Å²) in [6.45, 7) is 6.53. The molecule has 1 aromatic carbocycles. The molecular formula is C19H25N3O3. The summed E-state index contributed by atoms with van der Waals surface area (Å²) in [5.74, 6) is 1.08. The summed E-state index contributed by atoms with van der Waals surface area (Å²) in [6, 6.07) is 8.00. The molecule has 0 aliphatic carbocycles.